The predicted octanol–water partition coefficient (Wildman–Crippen LogP) is 6.51. The van der Waals surface area contributed by atoms with Gasteiger partial charge in [-0.2, -0.15) is 0 Å². The molecule has 2 nitrogen and oxygen atoms in total. The van der Waals surface area contributed by atoms with E-state index in [2.05, 4.69) is 19.1 Å². The normalized spacial score (nSPS) is 11.3. The molecule has 1 rings (SSSR count). The van der Waals surface area contributed by atoms with E-state index in [9.17, 15) is 10.2 Å². The highest BCUT2D eigenvalue weighted by atomic mass is 16.3. The lowest BCUT2D eigenvalue weighted by molar-refractivity contribution is 0.435. The van der Waals surface area contributed by atoms with E-state index in [-0.39, 0.29) is 11.5 Å². The van der Waals surface area contributed by atoms with Gasteiger partial charge in [-0.3, -0.25) is 0 Å². The molecule has 0 aliphatic carbocycles. The zero-order valence-electron chi connectivity index (χ0n) is 14.8. The lowest BCUT2D eigenvalue weighted by Gasteiger charge is -2.06. The monoisotopic (exact) mass is 318 g/mol. The molecule has 23 heavy (non-hydrogen) atoms. The van der Waals surface area contributed by atoms with Crippen LogP contribution in [0.5, 0.6) is 11.5 Å². The summed E-state index contributed by atoms with van der Waals surface area (Å²) in [6.07, 6.45) is 19.2. The summed E-state index contributed by atoms with van der Waals surface area (Å²) in [7, 11) is 0. The lowest BCUT2D eigenvalue weighted by atomic mass is 10.0. The number of phenols is 2. The maximum atomic E-state index is 9.71. The number of hydrogen-bond acceptors (Lipinski definition) is 2. The summed E-state index contributed by atoms with van der Waals surface area (Å²) in [6, 6.07) is 4.96. The second kappa shape index (κ2) is 13.0. The average molecular weight is 319 g/mol. The summed E-state index contributed by atoms with van der Waals surface area (Å²) >= 11 is 0. The summed E-state index contributed by atoms with van der Waals surface area (Å²) in [4.78, 5) is 0. The summed E-state index contributed by atoms with van der Waals surface area (Å²) in [6.45, 7) is 2.25. The first-order valence-electron chi connectivity index (χ1n) is 9.40. The van der Waals surface area contributed by atoms with Crippen LogP contribution in [0, 0.1) is 0 Å². The van der Waals surface area contributed by atoms with Gasteiger partial charge in [0, 0.05) is 5.56 Å². The summed E-state index contributed by atoms with van der Waals surface area (Å²) in [5.74, 6) is 0.433. The Hall–Kier alpha value is -1.44. The molecule has 0 heterocycles. The minimum Gasteiger partial charge on any atom is -0.508 e. The molecule has 0 aromatic heterocycles. The lowest BCUT2D eigenvalue weighted by Crippen LogP contribution is -1.88. The second-order valence-electron chi connectivity index (χ2n) is 6.40. The van der Waals surface area contributed by atoms with E-state index < -0.39 is 0 Å². The number of phenolic OH excluding ortho intramolecular Hbond substituents is 2. The van der Waals surface area contributed by atoms with Gasteiger partial charge in [0.1, 0.15) is 11.5 Å². The van der Waals surface area contributed by atoms with E-state index in [1.165, 1.54) is 57.8 Å². The van der Waals surface area contributed by atoms with Crippen molar-refractivity contribution in [3.8, 4) is 11.5 Å². The fraction of sp³-hybridized carbons (Fsp3) is 0.619. The van der Waals surface area contributed by atoms with Crippen LogP contribution in [0.2, 0.25) is 0 Å². The highest BCUT2D eigenvalue weighted by molar-refractivity contribution is 5.42. The van der Waals surface area contributed by atoms with Crippen LogP contribution in [0.1, 0.15) is 83.1 Å². The van der Waals surface area contributed by atoms with Crippen LogP contribution in [-0.2, 0) is 6.42 Å². The molecular formula is C21H34O2. The van der Waals surface area contributed by atoms with Gasteiger partial charge in [0.2, 0.25) is 0 Å². The highest BCUT2D eigenvalue weighted by Gasteiger charge is 2.05. The summed E-state index contributed by atoms with van der Waals surface area (Å²) in [5.41, 5.74) is 0.693. The molecular weight excluding hydrogens is 284 g/mol. The molecule has 0 aliphatic heterocycles. The Morgan fingerprint density at radius 3 is 1.87 bits per heavy atom. The smallest absolute Gasteiger partial charge is 0.122 e. The van der Waals surface area contributed by atoms with Crippen molar-refractivity contribution >= 4 is 0 Å². The molecule has 1 aromatic carbocycles. The van der Waals surface area contributed by atoms with E-state index in [0.29, 0.717) is 5.56 Å². The number of unbranched alkanes of at least 4 members (excludes halogenated alkanes) is 9. The molecule has 2 heteroatoms. The van der Waals surface area contributed by atoms with Gasteiger partial charge in [-0.1, -0.05) is 63.7 Å². The number of rotatable bonds is 13. The minimum atomic E-state index is 0.217. The molecule has 0 saturated carbocycles. The Balaban J connectivity index is 1.95. The first-order chi connectivity index (χ1) is 11.3. The molecule has 0 saturated heterocycles. The van der Waals surface area contributed by atoms with Gasteiger partial charge in [0.25, 0.3) is 0 Å². The third-order valence-corrected chi connectivity index (χ3v) is 4.32. The SMILES string of the molecule is CCCCCC/C=C\CCCCCCCc1c(O)cccc1O. The van der Waals surface area contributed by atoms with Gasteiger partial charge < -0.3 is 10.2 Å². The standard InChI is InChI=1S/C21H34O2/c1-2-3-4-5-6-7-8-9-10-11-12-13-14-16-19-20(22)17-15-18-21(19)23/h7-8,15,17-18,22-23H,2-6,9-14,16H2,1H3/b8-7-. The van der Waals surface area contributed by atoms with Crippen LogP contribution >= 0.6 is 0 Å². The van der Waals surface area contributed by atoms with Gasteiger partial charge in [-0.05, 0) is 50.7 Å². The molecule has 0 unspecified atom stereocenters. The summed E-state index contributed by atoms with van der Waals surface area (Å²) in [5, 5.41) is 19.4. The molecule has 0 fully saturated rings. The van der Waals surface area contributed by atoms with Crippen molar-refractivity contribution in [2.45, 2.75) is 84.0 Å². The third-order valence-electron chi connectivity index (χ3n) is 4.32. The fourth-order valence-corrected chi connectivity index (χ4v) is 2.84. The van der Waals surface area contributed by atoms with Crippen LogP contribution in [-0.4, -0.2) is 10.2 Å². The van der Waals surface area contributed by atoms with Gasteiger partial charge in [0.15, 0.2) is 0 Å². The molecule has 0 spiro atoms. The highest BCUT2D eigenvalue weighted by Crippen LogP contribution is 2.28. The van der Waals surface area contributed by atoms with Crippen molar-refractivity contribution in [1.82, 2.24) is 0 Å². The molecule has 0 amide bonds. The van der Waals surface area contributed by atoms with Gasteiger partial charge in [-0.25, -0.2) is 0 Å². The average Bonchev–Trinajstić information content (AvgIpc) is 2.54. The summed E-state index contributed by atoms with van der Waals surface area (Å²) < 4.78 is 0. The minimum absolute atomic E-state index is 0.217. The van der Waals surface area contributed by atoms with E-state index >= 15 is 0 Å². The molecule has 0 atom stereocenters. The molecule has 0 aliphatic rings. The van der Waals surface area contributed by atoms with E-state index in [1.54, 1.807) is 18.2 Å². The fourth-order valence-electron chi connectivity index (χ4n) is 2.84. The van der Waals surface area contributed by atoms with Crippen LogP contribution < -0.4 is 0 Å². The zero-order valence-corrected chi connectivity index (χ0v) is 14.8. The Morgan fingerprint density at radius 2 is 1.26 bits per heavy atom. The first kappa shape index (κ1) is 19.6. The van der Waals surface area contributed by atoms with Crippen molar-refractivity contribution in [2.75, 3.05) is 0 Å². The topological polar surface area (TPSA) is 40.5 Å². The van der Waals surface area contributed by atoms with Crippen molar-refractivity contribution in [2.24, 2.45) is 0 Å². The van der Waals surface area contributed by atoms with Crippen molar-refractivity contribution in [3.05, 3.63) is 35.9 Å². The van der Waals surface area contributed by atoms with Crippen LogP contribution in [0.15, 0.2) is 30.4 Å². The molecule has 0 bridgehead atoms. The van der Waals surface area contributed by atoms with E-state index in [1.807, 2.05) is 0 Å². The second-order valence-corrected chi connectivity index (χ2v) is 6.40. The Morgan fingerprint density at radius 1 is 0.739 bits per heavy atom. The Kier molecular flexibility index (Phi) is 11.1. The Bertz CT molecular complexity index is 417. The van der Waals surface area contributed by atoms with Gasteiger partial charge >= 0.3 is 0 Å². The van der Waals surface area contributed by atoms with Crippen molar-refractivity contribution in [3.63, 3.8) is 0 Å². The Labute approximate surface area is 142 Å². The number of allylic oxidation sites excluding steroid dienone is 2. The van der Waals surface area contributed by atoms with Gasteiger partial charge in [0.05, 0.1) is 0 Å². The quantitative estimate of drug-likeness (QED) is 0.321. The van der Waals surface area contributed by atoms with Crippen LogP contribution in [0.3, 0.4) is 0 Å². The van der Waals surface area contributed by atoms with Crippen molar-refractivity contribution in [1.29, 1.82) is 0 Å². The van der Waals surface area contributed by atoms with Crippen LogP contribution in [0.4, 0.5) is 0 Å². The largest absolute Gasteiger partial charge is 0.508 e. The maximum Gasteiger partial charge on any atom is 0.122 e. The van der Waals surface area contributed by atoms with Crippen molar-refractivity contribution < 1.29 is 10.2 Å². The first-order valence-corrected chi connectivity index (χ1v) is 9.40. The molecule has 2 N–H and O–H groups in total. The maximum absolute atomic E-state index is 9.71. The van der Waals surface area contributed by atoms with Crippen LogP contribution in [0.25, 0.3) is 0 Å². The van der Waals surface area contributed by atoms with E-state index in [4.69, 9.17) is 0 Å². The zero-order chi connectivity index (χ0) is 16.8. The molecule has 0 radical (unpaired) electrons. The molecule has 130 valence electrons. The third kappa shape index (κ3) is 9.32. The predicted molar refractivity (Wildman–Crippen MR) is 99.1 cm³/mol. The number of benzene rings is 1. The number of hydrogen-bond donors (Lipinski definition) is 2. The number of aromatic hydroxyl groups is 2. The van der Waals surface area contributed by atoms with Gasteiger partial charge in [-0.15, -0.1) is 0 Å². The van der Waals surface area contributed by atoms with E-state index in [0.717, 1.165) is 19.3 Å². The molecule has 1 aromatic rings.